The van der Waals surface area contributed by atoms with Crippen molar-refractivity contribution in [1.82, 2.24) is 25.6 Å². The number of carbonyl (C=O) groups is 2. The van der Waals surface area contributed by atoms with Crippen LogP contribution in [0.15, 0.2) is 30.6 Å². The zero-order chi connectivity index (χ0) is 16.1. The lowest BCUT2D eigenvalue weighted by Gasteiger charge is -2.07. The summed E-state index contributed by atoms with van der Waals surface area (Å²) in [5.41, 5.74) is 4.51. The number of rotatable bonds is 4. The first-order valence-corrected chi connectivity index (χ1v) is 6.22. The summed E-state index contributed by atoms with van der Waals surface area (Å²) in [5.74, 6) is -1.85. The van der Waals surface area contributed by atoms with Gasteiger partial charge in [0.1, 0.15) is 6.54 Å². The molecule has 0 radical (unpaired) electrons. The molecule has 0 aliphatic heterocycles. The van der Waals surface area contributed by atoms with Crippen LogP contribution in [0.5, 0.6) is 0 Å². The van der Waals surface area contributed by atoms with Crippen molar-refractivity contribution in [2.75, 3.05) is 0 Å². The molecule has 11 heteroatoms. The van der Waals surface area contributed by atoms with Gasteiger partial charge in [0.05, 0.1) is 10.6 Å². The fraction of sp³-hybridized carbons (Fsp3) is 0.0909. The van der Waals surface area contributed by atoms with Crippen molar-refractivity contribution < 1.29 is 14.5 Å². The number of amides is 2. The van der Waals surface area contributed by atoms with Crippen molar-refractivity contribution in [1.29, 1.82) is 0 Å². The Morgan fingerprint density at radius 1 is 1.32 bits per heavy atom. The molecular formula is C11H9ClN6O4. The maximum atomic E-state index is 11.8. The van der Waals surface area contributed by atoms with Gasteiger partial charge in [0.15, 0.2) is 0 Å². The summed E-state index contributed by atoms with van der Waals surface area (Å²) < 4.78 is 0.967. The third-order valence-electron chi connectivity index (χ3n) is 2.43. The average Bonchev–Trinajstić information content (AvgIpc) is 2.94. The highest BCUT2D eigenvalue weighted by molar-refractivity contribution is 6.33. The highest BCUT2D eigenvalue weighted by Crippen LogP contribution is 2.13. The van der Waals surface area contributed by atoms with E-state index in [2.05, 4.69) is 20.9 Å². The van der Waals surface area contributed by atoms with E-state index in [0.29, 0.717) is 0 Å². The molecule has 1 heterocycles. The maximum absolute atomic E-state index is 11.8. The van der Waals surface area contributed by atoms with Crippen molar-refractivity contribution >= 4 is 29.4 Å². The van der Waals surface area contributed by atoms with Gasteiger partial charge in [-0.3, -0.25) is 20.4 Å². The molecule has 10 nitrogen and oxygen atoms in total. The molecule has 22 heavy (non-hydrogen) atoms. The molecule has 0 aliphatic rings. The SMILES string of the molecule is O=C(Cn1cnc([N+](=O)[O-])n1)NNC(=O)c1ccccc1Cl. The molecule has 0 aliphatic carbocycles. The van der Waals surface area contributed by atoms with E-state index in [1.807, 2.05) is 0 Å². The minimum Gasteiger partial charge on any atom is -0.390 e. The molecule has 2 N–H and O–H groups in total. The zero-order valence-electron chi connectivity index (χ0n) is 10.9. The van der Waals surface area contributed by atoms with Crippen LogP contribution in [-0.2, 0) is 11.3 Å². The van der Waals surface area contributed by atoms with Crippen molar-refractivity contribution in [2.45, 2.75) is 6.54 Å². The normalized spacial score (nSPS) is 10.0. The van der Waals surface area contributed by atoms with E-state index in [4.69, 9.17) is 11.6 Å². The number of hydrazine groups is 1. The van der Waals surface area contributed by atoms with Crippen LogP contribution in [0.1, 0.15) is 10.4 Å². The van der Waals surface area contributed by atoms with Crippen molar-refractivity contribution in [3.63, 3.8) is 0 Å². The molecule has 0 bridgehead atoms. The van der Waals surface area contributed by atoms with Gasteiger partial charge in [-0.2, -0.15) is 4.68 Å². The zero-order valence-corrected chi connectivity index (χ0v) is 11.6. The monoisotopic (exact) mass is 324 g/mol. The number of nitrogens with one attached hydrogen (secondary N) is 2. The Labute approximate surface area is 128 Å². The summed E-state index contributed by atoms with van der Waals surface area (Å²) in [4.78, 5) is 36.4. The van der Waals surface area contributed by atoms with Crippen LogP contribution in [0, 0.1) is 10.1 Å². The molecule has 2 aromatic rings. The summed E-state index contributed by atoms with van der Waals surface area (Å²) in [6, 6.07) is 6.31. The lowest BCUT2D eigenvalue weighted by molar-refractivity contribution is -0.394. The number of nitro groups is 1. The quantitative estimate of drug-likeness (QED) is 0.614. The first-order chi connectivity index (χ1) is 10.5. The Kier molecular flexibility index (Phi) is 4.63. The largest absolute Gasteiger partial charge is 0.490 e. The highest BCUT2D eigenvalue weighted by Gasteiger charge is 2.16. The summed E-state index contributed by atoms with van der Waals surface area (Å²) in [7, 11) is 0. The van der Waals surface area contributed by atoms with Crippen LogP contribution in [-0.4, -0.2) is 31.5 Å². The van der Waals surface area contributed by atoms with E-state index in [0.717, 1.165) is 11.0 Å². The van der Waals surface area contributed by atoms with Crippen LogP contribution in [0.4, 0.5) is 5.95 Å². The molecule has 2 amide bonds. The number of halogens is 1. The molecule has 0 spiro atoms. The predicted octanol–water partition coefficient (Wildman–Crippen LogP) is 0.301. The van der Waals surface area contributed by atoms with Crippen LogP contribution in [0.3, 0.4) is 0 Å². The van der Waals surface area contributed by atoms with E-state index < -0.39 is 22.7 Å². The molecule has 0 saturated carbocycles. The second kappa shape index (κ2) is 6.63. The van der Waals surface area contributed by atoms with Gasteiger partial charge >= 0.3 is 5.95 Å². The van der Waals surface area contributed by atoms with Gasteiger partial charge in [-0.05, 0) is 17.1 Å². The fourth-order valence-corrected chi connectivity index (χ4v) is 1.69. The first kappa shape index (κ1) is 15.4. The number of nitrogens with zero attached hydrogens (tertiary/aromatic N) is 4. The van der Waals surface area contributed by atoms with Crippen LogP contribution in [0.25, 0.3) is 0 Å². The number of hydrogen-bond acceptors (Lipinski definition) is 6. The third-order valence-corrected chi connectivity index (χ3v) is 2.76. The van der Waals surface area contributed by atoms with Crippen LogP contribution in [0.2, 0.25) is 5.02 Å². The Balaban J connectivity index is 1.88. The molecule has 0 atom stereocenters. The number of carbonyl (C=O) groups excluding carboxylic acids is 2. The van der Waals surface area contributed by atoms with E-state index >= 15 is 0 Å². The van der Waals surface area contributed by atoms with Gasteiger partial charge in [0.2, 0.25) is 6.33 Å². The van der Waals surface area contributed by atoms with E-state index in [1.165, 1.54) is 12.1 Å². The van der Waals surface area contributed by atoms with Crippen molar-refractivity contribution in [3.05, 3.63) is 51.3 Å². The van der Waals surface area contributed by atoms with Gasteiger partial charge in [-0.1, -0.05) is 28.7 Å². The Morgan fingerprint density at radius 3 is 2.68 bits per heavy atom. The number of benzene rings is 1. The van der Waals surface area contributed by atoms with Crippen LogP contribution < -0.4 is 10.9 Å². The Hall–Kier alpha value is -3.01. The topological polar surface area (TPSA) is 132 Å². The third kappa shape index (κ3) is 3.76. The Bertz CT molecular complexity index is 731. The molecule has 1 aromatic carbocycles. The summed E-state index contributed by atoms with van der Waals surface area (Å²) >= 11 is 5.84. The number of aromatic nitrogens is 3. The minimum absolute atomic E-state index is 0.195. The van der Waals surface area contributed by atoms with Gasteiger partial charge in [0, 0.05) is 5.10 Å². The van der Waals surface area contributed by atoms with Crippen molar-refractivity contribution in [2.24, 2.45) is 0 Å². The molecule has 0 unspecified atom stereocenters. The molecular weight excluding hydrogens is 316 g/mol. The second-order valence-electron chi connectivity index (χ2n) is 3.98. The molecule has 114 valence electrons. The highest BCUT2D eigenvalue weighted by atomic mass is 35.5. The van der Waals surface area contributed by atoms with E-state index in [-0.39, 0.29) is 17.1 Å². The molecule has 2 rings (SSSR count). The predicted molar refractivity (Wildman–Crippen MR) is 73.7 cm³/mol. The Morgan fingerprint density at radius 2 is 2.05 bits per heavy atom. The van der Waals surface area contributed by atoms with Gasteiger partial charge < -0.3 is 10.1 Å². The molecule has 1 aromatic heterocycles. The van der Waals surface area contributed by atoms with Crippen LogP contribution >= 0.6 is 11.6 Å². The summed E-state index contributed by atoms with van der Waals surface area (Å²) in [5, 5.41) is 14.1. The van der Waals surface area contributed by atoms with Gasteiger partial charge in [-0.25, -0.2) is 0 Å². The number of hydrogen-bond donors (Lipinski definition) is 2. The summed E-state index contributed by atoms with van der Waals surface area (Å²) in [6.45, 7) is -0.344. The fourth-order valence-electron chi connectivity index (χ4n) is 1.47. The summed E-state index contributed by atoms with van der Waals surface area (Å²) in [6.07, 6.45) is 1.04. The minimum atomic E-state index is -0.784. The van der Waals surface area contributed by atoms with E-state index in [9.17, 15) is 19.7 Å². The lowest BCUT2D eigenvalue weighted by Crippen LogP contribution is -2.43. The van der Waals surface area contributed by atoms with Crippen molar-refractivity contribution in [3.8, 4) is 0 Å². The standard InChI is InChI=1S/C11H9ClN6O4/c12-8-4-2-1-3-7(8)10(20)15-14-9(19)5-17-6-13-11(16-17)18(21)22/h1-4,6H,5H2,(H,14,19)(H,15,20). The molecule has 0 fully saturated rings. The average molecular weight is 325 g/mol. The smallest absolute Gasteiger partial charge is 0.390 e. The van der Waals surface area contributed by atoms with Gasteiger partial charge in [-0.15, -0.1) is 0 Å². The maximum Gasteiger partial charge on any atom is 0.490 e. The van der Waals surface area contributed by atoms with Gasteiger partial charge in [0.25, 0.3) is 11.8 Å². The lowest BCUT2D eigenvalue weighted by atomic mass is 10.2. The second-order valence-corrected chi connectivity index (χ2v) is 4.39. The molecule has 0 saturated heterocycles. The first-order valence-electron chi connectivity index (χ1n) is 5.85. The van der Waals surface area contributed by atoms with E-state index in [1.54, 1.807) is 12.1 Å².